The molecule has 108 valence electrons. The van der Waals surface area contributed by atoms with E-state index in [0.717, 1.165) is 22.8 Å². The second-order valence-electron chi connectivity index (χ2n) is 5.39. The summed E-state index contributed by atoms with van der Waals surface area (Å²) in [6.07, 6.45) is 1.56. The molecule has 1 saturated heterocycles. The van der Waals surface area contributed by atoms with E-state index in [1.54, 1.807) is 0 Å². The first-order valence-electron chi connectivity index (χ1n) is 7.16. The van der Waals surface area contributed by atoms with Gasteiger partial charge in [0.15, 0.2) is 0 Å². The molecule has 21 heavy (non-hydrogen) atoms. The number of carboxylic acid groups (broad SMARTS) is 1. The lowest BCUT2D eigenvalue weighted by molar-refractivity contribution is -0.148. The van der Waals surface area contributed by atoms with Crippen molar-refractivity contribution in [2.75, 3.05) is 6.54 Å². The van der Waals surface area contributed by atoms with Crippen LogP contribution in [-0.2, 0) is 16.0 Å². The lowest BCUT2D eigenvalue weighted by Gasteiger charge is -2.24. The first kappa shape index (κ1) is 13.6. The lowest BCUT2D eigenvalue weighted by Crippen LogP contribution is -2.43. The highest BCUT2D eigenvalue weighted by Gasteiger charge is 2.32. The quantitative estimate of drug-likeness (QED) is 0.937. The van der Waals surface area contributed by atoms with E-state index in [4.69, 9.17) is 0 Å². The molecule has 1 aliphatic rings. The Morgan fingerprint density at radius 3 is 2.67 bits per heavy atom. The largest absolute Gasteiger partial charge is 0.480 e. The Hall–Kier alpha value is -2.36. The first-order chi connectivity index (χ1) is 10.2. The molecule has 2 aromatic carbocycles. The number of hydrogen-bond donors (Lipinski definition) is 1. The standard InChI is InChI=1S/C17H17NO3/c19-16-9-4-10-18(16)15(17(20)21)11-13-7-3-6-12-5-1-2-8-14(12)13/h1-3,5-8,15H,4,9-11H2,(H,20,21). The van der Waals surface area contributed by atoms with Crippen molar-refractivity contribution in [3.8, 4) is 0 Å². The van der Waals surface area contributed by atoms with Crippen molar-refractivity contribution >= 4 is 22.6 Å². The number of hydrogen-bond acceptors (Lipinski definition) is 2. The number of carboxylic acids is 1. The zero-order valence-electron chi connectivity index (χ0n) is 11.7. The molecule has 1 heterocycles. The van der Waals surface area contributed by atoms with Crippen LogP contribution in [0, 0.1) is 0 Å². The average molecular weight is 283 g/mol. The molecule has 1 atom stereocenters. The number of aliphatic carboxylic acids is 1. The zero-order chi connectivity index (χ0) is 14.8. The fourth-order valence-corrected chi connectivity index (χ4v) is 3.01. The Morgan fingerprint density at radius 2 is 1.95 bits per heavy atom. The molecule has 1 N–H and O–H groups in total. The van der Waals surface area contributed by atoms with Crippen molar-refractivity contribution in [3.05, 3.63) is 48.0 Å². The molecule has 1 fully saturated rings. The van der Waals surface area contributed by atoms with E-state index < -0.39 is 12.0 Å². The molecule has 1 amide bonds. The van der Waals surface area contributed by atoms with E-state index in [-0.39, 0.29) is 5.91 Å². The average Bonchev–Trinajstić information content (AvgIpc) is 2.90. The molecule has 2 aromatic rings. The molecule has 1 unspecified atom stereocenters. The van der Waals surface area contributed by atoms with Crippen molar-refractivity contribution in [1.29, 1.82) is 0 Å². The van der Waals surface area contributed by atoms with Crippen molar-refractivity contribution in [2.24, 2.45) is 0 Å². The van der Waals surface area contributed by atoms with Gasteiger partial charge in [-0.3, -0.25) is 4.79 Å². The van der Waals surface area contributed by atoms with Crippen LogP contribution in [0.5, 0.6) is 0 Å². The number of amides is 1. The van der Waals surface area contributed by atoms with Crippen LogP contribution in [0.3, 0.4) is 0 Å². The number of carbonyl (C=O) groups is 2. The van der Waals surface area contributed by atoms with Crippen LogP contribution >= 0.6 is 0 Å². The van der Waals surface area contributed by atoms with E-state index in [1.807, 2.05) is 42.5 Å². The summed E-state index contributed by atoms with van der Waals surface area (Å²) in [7, 11) is 0. The summed E-state index contributed by atoms with van der Waals surface area (Å²) in [5.74, 6) is -0.985. The summed E-state index contributed by atoms with van der Waals surface area (Å²) in [6, 6.07) is 13.0. The number of fused-ring (bicyclic) bond motifs is 1. The van der Waals surface area contributed by atoms with E-state index in [0.29, 0.717) is 19.4 Å². The van der Waals surface area contributed by atoms with Crippen molar-refractivity contribution in [2.45, 2.75) is 25.3 Å². The van der Waals surface area contributed by atoms with Gasteiger partial charge >= 0.3 is 5.97 Å². The van der Waals surface area contributed by atoms with Gasteiger partial charge in [0.1, 0.15) is 6.04 Å². The van der Waals surface area contributed by atoms with E-state index >= 15 is 0 Å². The Balaban J connectivity index is 1.95. The van der Waals surface area contributed by atoms with Crippen molar-refractivity contribution in [3.63, 3.8) is 0 Å². The molecular weight excluding hydrogens is 266 g/mol. The molecule has 0 aromatic heterocycles. The molecule has 1 aliphatic heterocycles. The molecular formula is C17H17NO3. The Morgan fingerprint density at radius 1 is 1.19 bits per heavy atom. The number of nitrogens with zero attached hydrogens (tertiary/aromatic N) is 1. The SMILES string of the molecule is O=C(O)C(Cc1cccc2ccccc12)N1CCCC1=O. The highest BCUT2D eigenvalue weighted by molar-refractivity contribution is 5.88. The molecule has 0 saturated carbocycles. The highest BCUT2D eigenvalue weighted by atomic mass is 16.4. The minimum Gasteiger partial charge on any atom is -0.480 e. The molecule has 0 radical (unpaired) electrons. The predicted octanol–water partition coefficient (Wildman–Crippen LogP) is 2.46. The fourth-order valence-electron chi connectivity index (χ4n) is 3.01. The summed E-state index contributed by atoms with van der Waals surface area (Å²) >= 11 is 0. The minimum absolute atomic E-state index is 0.0531. The summed E-state index contributed by atoms with van der Waals surface area (Å²) in [5, 5.41) is 11.6. The van der Waals surface area contributed by atoms with Gasteiger partial charge in [-0.1, -0.05) is 42.5 Å². The third-order valence-corrected chi connectivity index (χ3v) is 4.06. The van der Waals surface area contributed by atoms with Gasteiger partial charge in [-0.2, -0.15) is 0 Å². The number of carbonyl (C=O) groups excluding carboxylic acids is 1. The Bertz CT molecular complexity index is 690. The smallest absolute Gasteiger partial charge is 0.326 e. The molecule has 4 heteroatoms. The summed E-state index contributed by atoms with van der Waals surface area (Å²) in [5.41, 5.74) is 0.972. The Kier molecular flexibility index (Phi) is 3.60. The lowest BCUT2D eigenvalue weighted by atomic mass is 9.98. The van der Waals surface area contributed by atoms with Gasteiger partial charge in [0.2, 0.25) is 5.91 Å². The monoisotopic (exact) mass is 283 g/mol. The number of rotatable bonds is 4. The van der Waals surface area contributed by atoms with Gasteiger partial charge in [-0.25, -0.2) is 4.79 Å². The minimum atomic E-state index is -0.932. The van der Waals surface area contributed by atoms with E-state index in [9.17, 15) is 14.7 Å². The molecule has 0 aliphatic carbocycles. The summed E-state index contributed by atoms with van der Waals surface area (Å²) in [6.45, 7) is 0.542. The maximum atomic E-state index is 11.8. The van der Waals surface area contributed by atoms with Crippen LogP contribution in [0.25, 0.3) is 10.8 Å². The fraction of sp³-hybridized carbons (Fsp3) is 0.294. The van der Waals surface area contributed by atoms with Gasteiger partial charge < -0.3 is 10.0 Å². The van der Waals surface area contributed by atoms with Crippen molar-refractivity contribution in [1.82, 2.24) is 4.90 Å². The topological polar surface area (TPSA) is 57.6 Å². The van der Waals surface area contributed by atoms with Crippen LogP contribution in [0.1, 0.15) is 18.4 Å². The first-order valence-corrected chi connectivity index (χ1v) is 7.16. The van der Waals surface area contributed by atoms with Crippen molar-refractivity contribution < 1.29 is 14.7 Å². The maximum Gasteiger partial charge on any atom is 0.326 e. The van der Waals surface area contributed by atoms with Crippen LogP contribution in [0.15, 0.2) is 42.5 Å². The van der Waals surface area contributed by atoms with Gasteiger partial charge in [-0.05, 0) is 22.8 Å². The molecule has 0 spiro atoms. The Labute approximate surface area is 123 Å². The van der Waals surface area contributed by atoms with E-state index in [1.165, 1.54) is 4.90 Å². The van der Waals surface area contributed by atoms with Gasteiger partial charge in [0, 0.05) is 19.4 Å². The van der Waals surface area contributed by atoms with E-state index in [2.05, 4.69) is 0 Å². The number of benzene rings is 2. The third kappa shape index (κ3) is 2.61. The van der Waals surface area contributed by atoms with Crippen LogP contribution in [-0.4, -0.2) is 34.5 Å². The van der Waals surface area contributed by atoms with Gasteiger partial charge in [0.25, 0.3) is 0 Å². The molecule has 0 bridgehead atoms. The second kappa shape index (κ2) is 5.56. The summed E-state index contributed by atoms with van der Waals surface area (Å²) < 4.78 is 0. The van der Waals surface area contributed by atoms with Gasteiger partial charge in [-0.15, -0.1) is 0 Å². The molecule has 3 rings (SSSR count). The van der Waals surface area contributed by atoms with Gasteiger partial charge in [0.05, 0.1) is 0 Å². The number of likely N-dealkylation sites (tertiary alicyclic amines) is 1. The molecule has 4 nitrogen and oxygen atoms in total. The van der Waals surface area contributed by atoms with Crippen LogP contribution in [0.2, 0.25) is 0 Å². The zero-order valence-corrected chi connectivity index (χ0v) is 11.7. The van der Waals surface area contributed by atoms with Crippen LogP contribution in [0.4, 0.5) is 0 Å². The summed E-state index contributed by atoms with van der Waals surface area (Å²) in [4.78, 5) is 24.9. The van der Waals surface area contributed by atoms with Crippen LogP contribution < -0.4 is 0 Å². The highest BCUT2D eigenvalue weighted by Crippen LogP contribution is 2.23. The predicted molar refractivity (Wildman–Crippen MR) is 80.0 cm³/mol. The third-order valence-electron chi connectivity index (χ3n) is 4.06. The maximum absolute atomic E-state index is 11.8. The normalized spacial score (nSPS) is 16.4. The second-order valence-corrected chi connectivity index (χ2v) is 5.39.